The maximum atomic E-state index is 3.56. The van der Waals surface area contributed by atoms with Crippen LogP contribution in [0.5, 0.6) is 0 Å². The van der Waals surface area contributed by atoms with E-state index in [0.29, 0.717) is 12.0 Å². The van der Waals surface area contributed by atoms with Crippen molar-refractivity contribution in [2.75, 3.05) is 7.05 Å². The van der Waals surface area contributed by atoms with Crippen LogP contribution in [0.2, 0.25) is 0 Å². The molecule has 1 aliphatic carbocycles. The molecular weight excluding hydrogens is 254 g/mol. The SMILES string of the molecule is CCc1ccc(CC(NC)C2CCc3ccccc32)cc1. The Balaban J connectivity index is 1.76. The predicted octanol–water partition coefficient (Wildman–Crippen LogP) is 4.11. The highest BCUT2D eigenvalue weighted by molar-refractivity contribution is 5.36. The molecule has 2 aromatic rings. The summed E-state index contributed by atoms with van der Waals surface area (Å²) in [5, 5.41) is 3.56. The van der Waals surface area contributed by atoms with Gasteiger partial charge in [-0.2, -0.15) is 0 Å². The fraction of sp³-hybridized carbons (Fsp3) is 0.400. The highest BCUT2D eigenvalue weighted by Crippen LogP contribution is 2.36. The van der Waals surface area contributed by atoms with Crippen molar-refractivity contribution in [2.24, 2.45) is 0 Å². The fourth-order valence-corrected chi connectivity index (χ4v) is 3.62. The van der Waals surface area contributed by atoms with Crippen LogP contribution in [-0.4, -0.2) is 13.1 Å². The Morgan fingerprint density at radius 2 is 1.76 bits per heavy atom. The molecule has 1 heteroatoms. The van der Waals surface area contributed by atoms with Crippen molar-refractivity contribution in [1.29, 1.82) is 0 Å². The summed E-state index contributed by atoms with van der Waals surface area (Å²) in [7, 11) is 2.10. The molecule has 0 bridgehead atoms. The van der Waals surface area contributed by atoms with Crippen LogP contribution in [0.1, 0.15) is 41.5 Å². The molecule has 0 aromatic heterocycles. The van der Waals surface area contributed by atoms with E-state index in [1.54, 1.807) is 11.1 Å². The quantitative estimate of drug-likeness (QED) is 0.868. The van der Waals surface area contributed by atoms with E-state index in [2.05, 4.69) is 67.8 Å². The lowest BCUT2D eigenvalue weighted by Crippen LogP contribution is -2.33. The Morgan fingerprint density at radius 3 is 2.48 bits per heavy atom. The van der Waals surface area contributed by atoms with Crippen molar-refractivity contribution in [3.05, 3.63) is 70.8 Å². The number of nitrogens with one attached hydrogen (secondary N) is 1. The summed E-state index contributed by atoms with van der Waals surface area (Å²) in [6.07, 6.45) is 4.73. The van der Waals surface area contributed by atoms with Crippen molar-refractivity contribution in [3.8, 4) is 0 Å². The predicted molar refractivity (Wildman–Crippen MR) is 89.9 cm³/mol. The molecule has 3 rings (SSSR count). The average Bonchev–Trinajstić information content (AvgIpc) is 2.97. The summed E-state index contributed by atoms with van der Waals surface area (Å²) >= 11 is 0. The lowest BCUT2D eigenvalue weighted by Gasteiger charge is -2.24. The van der Waals surface area contributed by atoms with Gasteiger partial charge in [0.05, 0.1) is 0 Å². The Hall–Kier alpha value is -1.60. The normalized spacial score (nSPS) is 18.5. The first-order chi connectivity index (χ1) is 10.3. The first kappa shape index (κ1) is 14.3. The molecule has 110 valence electrons. The van der Waals surface area contributed by atoms with Gasteiger partial charge in [-0.15, -0.1) is 0 Å². The van der Waals surface area contributed by atoms with E-state index >= 15 is 0 Å². The second-order valence-corrected chi connectivity index (χ2v) is 6.11. The van der Waals surface area contributed by atoms with Gasteiger partial charge in [-0.25, -0.2) is 0 Å². The maximum absolute atomic E-state index is 3.56. The summed E-state index contributed by atoms with van der Waals surface area (Å²) in [6, 6.07) is 18.6. The molecule has 0 amide bonds. The summed E-state index contributed by atoms with van der Waals surface area (Å²) in [5.74, 6) is 0.650. The third-order valence-electron chi connectivity index (χ3n) is 4.92. The van der Waals surface area contributed by atoms with E-state index in [9.17, 15) is 0 Å². The third-order valence-corrected chi connectivity index (χ3v) is 4.92. The van der Waals surface area contributed by atoms with Crippen molar-refractivity contribution in [3.63, 3.8) is 0 Å². The van der Waals surface area contributed by atoms with Crippen molar-refractivity contribution in [1.82, 2.24) is 5.32 Å². The molecule has 2 atom stereocenters. The van der Waals surface area contributed by atoms with Crippen LogP contribution >= 0.6 is 0 Å². The smallest absolute Gasteiger partial charge is 0.0173 e. The van der Waals surface area contributed by atoms with Crippen LogP contribution in [0.15, 0.2) is 48.5 Å². The topological polar surface area (TPSA) is 12.0 Å². The van der Waals surface area contributed by atoms with Crippen molar-refractivity contribution >= 4 is 0 Å². The van der Waals surface area contributed by atoms with Crippen LogP contribution in [-0.2, 0) is 19.3 Å². The van der Waals surface area contributed by atoms with E-state index in [0.717, 1.165) is 12.8 Å². The summed E-state index contributed by atoms with van der Waals surface area (Å²) in [5.41, 5.74) is 5.97. The second-order valence-electron chi connectivity index (χ2n) is 6.11. The molecule has 0 saturated heterocycles. The maximum Gasteiger partial charge on any atom is 0.0173 e. The molecule has 0 radical (unpaired) electrons. The molecule has 1 N–H and O–H groups in total. The molecule has 1 aliphatic rings. The number of rotatable bonds is 5. The van der Waals surface area contributed by atoms with E-state index in [1.165, 1.54) is 24.0 Å². The van der Waals surface area contributed by atoms with Gasteiger partial charge >= 0.3 is 0 Å². The molecule has 2 unspecified atom stereocenters. The Bertz CT molecular complexity index is 585. The summed E-state index contributed by atoms with van der Waals surface area (Å²) in [4.78, 5) is 0. The molecule has 0 heterocycles. The van der Waals surface area contributed by atoms with Gasteiger partial charge in [0.15, 0.2) is 0 Å². The van der Waals surface area contributed by atoms with Gasteiger partial charge in [-0.3, -0.25) is 0 Å². The Kier molecular flexibility index (Phi) is 4.40. The Morgan fingerprint density at radius 1 is 1.05 bits per heavy atom. The molecule has 1 nitrogen and oxygen atoms in total. The average molecular weight is 279 g/mol. The third kappa shape index (κ3) is 3.03. The first-order valence-electron chi connectivity index (χ1n) is 8.14. The molecule has 0 spiro atoms. The highest BCUT2D eigenvalue weighted by Gasteiger charge is 2.28. The van der Waals surface area contributed by atoms with Gasteiger partial charge in [0.25, 0.3) is 0 Å². The van der Waals surface area contributed by atoms with Crippen molar-refractivity contribution in [2.45, 2.75) is 44.6 Å². The summed E-state index contributed by atoms with van der Waals surface area (Å²) in [6.45, 7) is 2.21. The minimum absolute atomic E-state index is 0.529. The van der Waals surface area contributed by atoms with Crippen molar-refractivity contribution < 1.29 is 0 Å². The van der Waals surface area contributed by atoms with E-state index in [4.69, 9.17) is 0 Å². The lowest BCUT2D eigenvalue weighted by molar-refractivity contribution is 0.456. The largest absolute Gasteiger partial charge is 0.316 e. The number of hydrogen-bond donors (Lipinski definition) is 1. The van der Waals surface area contributed by atoms with Gasteiger partial charge in [0, 0.05) is 12.0 Å². The van der Waals surface area contributed by atoms with E-state index in [1.807, 2.05) is 0 Å². The molecule has 0 saturated carbocycles. The van der Waals surface area contributed by atoms with Crippen LogP contribution < -0.4 is 5.32 Å². The molecule has 2 aromatic carbocycles. The number of benzene rings is 2. The van der Waals surface area contributed by atoms with Gasteiger partial charge < -0.3 is 5.32 Å². The minimum atomic E-state index is 0.529. The molecule has 0 fully saturated rings. The van der Waals surface area contributed by atoms with Crippen LogP contribution in [0.25, 0.3) is 0 Å². The Labute approximate surface area is 128 Å². The fourth-order valence-electron chi connectivity index (χ4n) is 3.62. The zero-order valence-corrected chi connectivity index (χ0v) is 13.1. The molecule has 21 heavy (non-hydrogen) atoms. The summed E-state index contributed by atoms with van der Waals surface area (Å²) < 4.78 is 0. The monoisotopic (exact) mass is 279 g/mol. The lowest BCUT2D eigenvalue weighted by atomic mass is 9.88. The van der Waals surface area contributed by atoms with E-state index in [-0.39, 0.29) is 0 Å². The van der Waals surface area contributed by atoms with Crippen LogP contribution in [0.3, 0.4) is 0 Å². The zero-order chi connectivity index (χ0) is 14.7. The number of likely N-dealkylation sites (N-methyl/N-ethyl adjacent to an activating group) is 1. The van der Waals surface area contributed by atoms with Gasteiger partial charge in [0.1, 0.15) is 0 Å². The zero-order valence-electron chi connectivity index (χ0n) is 13.1. The highest BCUT2D eigenvalue weighted by atomic mass is 14.9. The van der Waals surface area contributed by atoms with Crippen LogP contribution in [0, 0.1) is 0 Å². The number of fused-ring (bicyclic) bond motifs is 1. The minimum Gasteiger partial charge on any atom is -0.316 e. The van der Waals surface area contributed by atoms with Gasteiger partial charge in [-0.05, 0) is 55.0 Å². The van der Waals surface area contributed by atoms with Gasteiger partial charge in [0.2, 0.25) is 0 Å². The van der Waals surface area contributed by atoms with Gasteiger partial charge in [-0.1, -0.05) is 55.5 Å². The molecular formula is C20H25N. The second kappa shape index (κ2) is 6.44. The first-order valence-corrected chi connectivity index (χ1v) is 8.14. The number of hydrogen-bond acceptors (Lipinski definition) is 1. The standard InChI is InChI=1S/C20H25N/c1-3-15-8-10-16(11-9-15)14-20(21-2)19-13-12-17-6-4-5-7-18(17)19/h4-11,19-21H,3,12-14H2,1-2H3. The van der Waals surface area contributed by atoms with E-state index < -0.39 is 0 Å². The number of aryl methyl sites for hydroxylation is 2. The molecule has 0 aliphatic heterocycles. The van der Waals surface area contributed by atoms with Crippen LogP contribution in [0.4, 0.5) is 0 Å².